The molecule has 0 spiro atoms. The number of sulfonamides is 1. The van der Waals surface area contributed by atoms with Gasteiger partial charge >= 0.3 is 0 Å². The van der Waals surface area contributed by atoms with Crippen molar-refractivity contribution in [2.45, 2.75) is 37.5 Å². The Morgan fingerprint density at radius 2 is 1.91 bits per heavy atom. The van der Waals surface area contributed by atoms with E-state index in [1.165, 1.54) is 5.56 Å². The van der Waals surface area contributed by atoms with Gasteiger partial charge in [-0.05, 0) is 60.7 Å². The molecule has 2 aromatic carbocycles. The van der Waals surface area contributed by atoms with Crippen LogP contribution < -0.4 is 10.0 Å². The minimum atomic E-state index is -3.54. The summed E-state index contributed by atoms with van der Waals surface area (Å²) in [4.78, 5) is 0.315. The molecule has 23 heavy (non-hydrogen) atoms. The molecule has 0 amide bonds. The zero-order valence-electron chi connectivity index (χ0n) is 13.3. The molecule has 0 radical (unpaired) electrons. The van der Waals surface area contributed by atoms with Crippen LogP contribution in [0.3, 0.4) is 0 Å². The van der Waals surface area contributed by atoms with Gasteiger partial charge in [-0.25, -0.2) is 8.42 Å². The molecular weight excluding hydrogens is 308 g/mol. The van der Waals surface area contributed by atoms with Crippen LogP contribution in [0.5, 0.6) is 0 Å². The number of fused-ring (bicyclic) bond motifs is 1. The van der Waals surface area contributed by atoms with E-state index in [0.717, 1.165) is 43.5 Å². The molecule has 0 saturated carbocycles. The Hall–Kier alpha value is -2.01. The third-order valence-corrected chi connectivity index (χ3v) is 5.50. The Bertz CT molecular complexity index is 783. The number of nitrogens with one attached hydrogen (secondary N) is 2. The van der Waals surface area contributed by atoms with Gasteiger partial charge in [-0.2, -0.15) is 0 Å². The fourth-order valence-corrected chi connectivity index (χ4v) is 3.89. The maximum absolute atomic E-state index is 12.5. The zero-order chi connectivity index (χ0) is 16.3. The lowest BCUT2D eigenvalue weighted by atomic mass is 10.1. The monoisotopic (exact) mass is 330 g/mol. The summed E-state index contributed by atoms with van der Waals surface area (Å²) in [5, 5.41) is 3.24. The molecule has 1 aliphatic heterocycles. The molecule has 1 aliphatic rings. The predicted octanol–water partition coefficient (Wildman–Crippen LogP) is 3.80. The van der Waals surface area contributed by atoms with E-state index in [1.807, 2.05) is 30.3 Å². The molecular formula is C18H22N2O2S. The van der Waals surface area contributed by atoms with E-state index in [-0.39, 0.29) is 0 Å². The summed E-state index contributed by atoms with van der Waals surface area (Å²) in [6.07, 6.45) is 4.20. The van der Waals surface area contributed by atoms with Crippen molar-refractivity contribution < 1.29 is 8.42 Å². The second kappa shape index (κ2) is 6.62. The topological polar surface area (TPSA) is 58.2 Å². The quantitative estimate of drug-likeness (QED) is 0.847. The minimum absolute atomic E-state index is 0.315. The number of anilines is 2. The van der Waals surface area contributed by atoms with Crippen molar-refractivity contribution >= 4 is 21.4 Å². The number of aryl methyl sites for hydroxylation is 1. The number of benzene rings is 2. The summed E-state index contributed by atoms with van der Waals surface area (Å²) in [5.41, 5.74) is 3.93. The zero-order valence-corrected chi connectivity index (χ0v) is 14.1. The van der Waals surface area contributed by atoms with Gasteiger partial charge in [0.2, 0.25) is 0 Å². The lowest BCUT2D eigenvalue weighted by molar-refractivity contribution is 0.601. The highest BCUT2D eigenvalue weighted by molar-refractivity contribution is 7.92. The SMILES string of the molecule is CCCCc1ccc(NS(=O)(=O)c2ccc3c(c2)CCN3)cc1. The van der Waals surface area contributed by atoms with E-state index in [4.69, 9.17) is 0 Å². The molecule has 0 bridgehead atoms. The highest BCUT2D eigenvalue weighted by atomic mass is 32.2. The largest absolute Gasteiger partial charge is 0.384 e. The van der Waals surface area contributed by atoms with Gasteiger partial charge in [-0.3, -0.25) is 4.72 Å². The van der Waals surface area contributed by atoms with E-state index in [9.17, 15) is 8.42 Å². The molecule has 0 unspecified atom stereocenters. The van der Waals surface area contributed by atoms with Crippen LogP contribution in [0.2, 0.25) is 0 Å². The molecule has 122 valence electrons. The maximum Gasteiger partial charge on any atom is 0.261 e. The van der Waals surface area contributed by atoms with Crippen molar-refractivity contribution in [3.05, 3.63) is 53.6 Å². The van der Waals surface area contributed by atoms with Crippen molar-refractivity contribution in [1.82, 2.24) is 0 Å². The number of hydrogen-bond donors (Lipinski definition) is 2. The van der Waals surface area contributed by atoms with Crippen LogP contribution in [-0.4, -0.2) is 15.0 Å². The summed E-state index contributed by atoms with van der Waals surface area (Å²) in [7, 11) is -3.54. The van der Waals surface area contributed by atoms with Crippen LogP contribution in [0.4, 0.5) is 11.4 Å². The van der Waals surface area contributed by atoms with Gasteiger partial charge in [0.05, 0.1) is 4.90 Å². The molecule has 3 rings (SSSR count). The molecule has 5 heteroatoms. The van der Waals surface area contributed by atoms with E-state index in [0.29, 0.717) is 10.6 Å². The third-order valence-electron chi connectivity index (χ3n) is 4.12. The average molecular weight is 330 g/mol. The Labute approximate surface area is 138 Å². The van der Waals surface area contributed by atoms with Crippen molar-refractivity contribution in [3.63, 3.8) is 0 Å². The Kier molecular flexibility index (Phi) is 4.57. The van der Waals surface area contributed by atoms with Crippen molar-refractivity contribution in [1.29, 1.82) is 0 Å². The van der Waals surface area contributed by atoms with Crippen LogP contribution in [0.25, 0.3) is 0 Å². The van der Waals surface area contributed by atoms with Gasteiger partial charge in [0, 0.05) is 17.9 Å². The Balaban J connectivity index is 1.75. The summed E-state index contributed by atoms with van der Waals surface area (Å²) in [6, 6.07) is 12.9. The molecule has 2 aromatic rings. The maximum atomic E-state index is 12.5. The number of hydrogen-bond acceptors (Lipinski definition) is 3. The number of rotatable bonds is 6. The molecule has 0 aliphatic carbocycles. The van der Waals surface area contributed by atoms with Crippen LogP contribution in [0, 0.1) is 0 Å². The molecule has 2 N–H and O–H groups in total. The predicted molar refractivity (Wildman–Crippen MR) is 94.5 cm³/mol. The molecule has 0 saturated heterocycles. The summed E-state index contributed by atoms with van der Waals surface area (Å²) in [6.45, 7) is 3.03. The normalized spacial score (nSPS) is 13.4. The first-order valence-corrected chi connectivity index (χ1v) is 9.55. The average Bonchev–Trinajstić information content (AvgIpc) is 3.01. The second-order valence-electron chi connectivity index (χ2n) is 5.90. The van der Waals surface area contributed by atoms with Gasteiger partial charge < -0.3 is 5.32 Å². The van der Waals surface area contributed by atoms with E-state index >= 15 is 0 Å². The lowest BCUT2D eigenvalue weighted by Crippen LogP contribution is -2.13. The highest BCUT2D eigenvalue weighted by Gasteiger charge is 2.18. The molecule has 0 atom stereocenters. The van der Waals surface area contributed by atoms with E-state index in [2.05, 4.69) is 17.0 Å². The van der Waals surface area contributed by atoms with Gasteiger partial charge in [0.1, 0.15) is 0 Å². The molecule has 4 nitrogen and oxygen atoms in total. The van der Waals surface area contributed by atoms with Crippen LogP contribution in [-0.2, 0) is 22.9 Å². The van der Waals surface area contributed by atoms with Crippen molar-refractivity contribution in [3.8, 4) is 0 Å². The Morgan fingerprint density at radius 3 is 2.65 bits per heavy atom. The molecule has 1 heterocycles. The second-order valence-corrected chi connectivity index (χ2v) is 7.58. The summed E-state index contributed by atoms with van der Waals surface area (Å²) >= 11 is 0. The first-order chi connectivity index (χ1) is 11.1. The standard InChI is InChI=1S/C18H22N2O2S/c1-2-3-4-14-5-7-16(8-6-14)20-23(21,22)17-9-10-18-15(13-17)11-12-19-18/h5-10,13,19-20H,2-4,11-12H2,1H3. The van der Waals surface area contributed by atoms with Crippen LogP contribution in [0.15, 0.2) is 47.4 Å². The lowest BCUT2D eigenvalue weighted by Gasteiger charge is -2.10. The van der Waals surface area contributed by atoms with Gasteiger partial charge in [0.25, 0.3) is 10.0 Å². The first-order valence-electron chi connectivity index (χ1n) is 8.07. The van der Waals surface area contributed by atoms with Gasteiger partial charge in [-0.15, -0.1) is 0 Å². The fourth-order valence-electron chi connectivity index (χ4n) is 2.78. The number of unbranched alkanes of at least 4 members (excludes halogenated alkanes) is 1. The van der Waals surface area contributed by atoms with Gasteiger partial charge in [0.15, 0.2) is 0 Å². The van der Waals surface area contributed by atoms with Crippen molar-refractivity contribution in [2.75, 3.05) is 16.6 Å². The van der Waals surface area contributed by atoms with Crippen LogP contribution >= 0.6 is 0 Å². The minimum Gasteiger partial charge on any atom is -0.384 e. The van der Waals surface area contributed by atoms with Gasteiger partial charge in [-0.1, -0.05) is 25.5 Å². The Morgan fingerprint density at radius 1 is 1.13 bits per heavy atom. The van der Waals surface area contributed by atoms with Crippen LogP contribution in [0.1, 0.15) is 30.9 Å². The highest BCUT2D eigenvalue weighted by Crippen LogP contribution is 2.26. The van der Waals surface area contributed by atoms with Crippen molar-refractivity contribution in [2.24, 2.45) is 0 Å². The first kappa shape index (κ1) is 15.9. The molecule has 0 aromatic heterocycles. The third kappa shape index (κ3) is 3.67. The molecule has 0 fully saturated rings. The van der Waals surface area contributed by atoms with E-state index in [1.54, 1.807) is 12.1 Å². The summed E-state index contributed by atoms with van der Waals surface area (Å²) < 4.78 is 27.7. The summed E-state index contributed by atoms with van der Waals surface area (Å²) in [5.74, 6) is 0. The fraction of sp³-hybridized carbons (Fsp3) is 0.333. The smallest absolute Gasteiger partial charge is 0.261 e. The van der Waals surface area contributed by atoms with E-state index < -0.39 is 10.0 Å².